The van der Waals surface area contributed by atoms with Gasteiger partial charge in [0.2, 0.25) is 0 Å². The quantitative estimate of drug-likeness (QED) is 0.579. The molecule has 158 valence electrons. The predicted octanol–water partition coefficient (Wildman–Crippen LogP) is 5.63. The van der Waals surface area contributed by atoms with Crippen molar-refractivity contribution >= 4 is 28.3 Å². The lowest BCUT2D eigenvalue weighted by Crippen LogP contribution is -2.33. The number of hydrogen-bond acceptors (Lipinski definition) is 3. The zero-order valence-corrected chi connectivity index (χ0v) is 18.3. The van der Waals surface area contributed by atoms with Gasteiger partial charge in [0, 0.05) is 30.5 Å². The molecule has 2 aromatic heterocycles. The molecule has 3 heterocycles. The minimum absolute atomic E-state index is 0.0684. The molecule has 1 aliphatic heterocycles. The Kier molecular flexibility index (Phi) is 6.07. The van der Waals surface area contributed by atoms with Crippen LogP contribution in [0, 0.1) is 12.8 Å². The number of amides is 1. The van der Waals surface area contributed by atoms with Gasteiger partial charge in [-0.3, -0.25) is 4.79 Å². The minimum atomic E-state index is -0.0684. The van der Waals surface area contributed by atoms with E-state index in [2.05, 4.69) is 45.7 Å². The van der Waals surface area contributed by atoms with Gasteiger partial charge in [0.05, 0.1) is 11.9 Å². The van der Waals surface area contributed by atoms with Crippen LogP contribution in [-0.4, -0.2) is 28.5 Å². The summed E-state index contributed by atoms with van der Waals surface area (Å²) in [5, 5.41) is 4.22. The number of fused-ring (bicyclic) bond motifs is 1. The molecule has 0 atom stereocenters. The molecule has 0 saturated carbocycles. The lowest BCUT2D eigenvalue weighted by Gasteiger charge is -2.31. The van der Waals surface area contributed by atoms with Gasteiger partial charge >= 0.3 is 0 Å². The summed E-state index contributed by atoms with van der Waals surface area (Å²) < 4.78 is 2.17. The van der Waals surface area contributed by atoms with E-state index < -0.39 is 0 Å². The molecule has 1 saturated heterocycles. The number of aromatic nitrogens is 2. The number of carbonyl (C=O) groups excluding carboxylic acids is 1. The van der Waals surface area contributed by atoms with Crippen LogP contribution < -0.4 is 10.2 Å². The number of anilines is 2. The van der Waals surface area contributed by atoms with Gasteiger partial charge in [-0.05, 0) is 55.9 Å². The number of nitrogens with one attached hydrogen (secondary N) is 1. The molecular weight excluding hydrogens is 372 g/mol. The predicted molar refractivity (Wildman–Crippen MR) is 124 cm³/mol. The minimum Gasteiger partial charge on any atom is -0.357 e. The fourth-order valence-corrected chi connectivity index (χ4v) is 4.39. The first-order valence-electron chi connectivity index (χ1n) is 11.2. The maximum atomic E-state index is 13.2. The van der Waals surface area contributed by atoms with Gasteiger partial charge in [-0.15, -0.1) is 0 Å². The van der Waals surface area contributed by atoms with Crippen LogP contribution in [0.3, 0.4) is 0 Å². The van der Waals surface area contributed by atoms with Crippen LogP contribution in [-0.2, 0) is 6.54 Å². The lowest BCUT2D eigenvalue weighted by atomic mass is 9.99. The third kappa shape index (κ3) is 4.07. The third-order valence-corrected chi connectivity index (χ3v) is 6.29. The average Bonchev–Trinajstić information content (AvgIpc) is 3.05. The molecule has 0 bridgehead atoms. The Morgan fingerprint density at radius 1 is 1.17 bits per heavy atom. The number of rotatable bonds is 6. The monoisotopic (exact) mass is 404 g/mol. The zero-order chi connectivity index (χ0) is 21.1. The number of pyridine rings is 1. The van der Waals surface area contributed by atoms with E-state index in [0.717, 1.165) is 72.1 Å². The van der Waals surface area contributed by atoms with Gasteiger partial charge in [0.1, 0.15) is 11.5 Å². The van der Waals surface area contributed by atoms with Gasteiger partial charge in [0.15, 0.2) is 0 Å². The van der Waals surface area contributed by atoms with Crippen molar-refractivity contribution < 1.29 is 4.79 Å². The maximum Gasteiger partial charge on any atom is 0.272 e. The number of hydrogen-bond donors (Lipinski definition) is 1. The van der Waals surface area contributed by atoms with Crippen molar-refractivity contribution in [2.75, 3.05) is 23.3 Å². The smallest absolute Gasteiger partial charge is 0.272 e. The second-order valence-electron chi connectivity index (χ2n) is 8.52. The highest BCUT2D eigenvalue weighted by Gasteiger charge is 2.21. The summed E-state index contributed by atoms with van der Waals surface area (Å²) in [7, 11) is 0. The van der Waals surface area contributed by atoms with E-state index >= 15 is 0 Å². The number of para-hydroxylation sites is 1. The maximum absolute atomic E-state index is 13.2. The summed E-state index contributed by atoms with van der Waals surface area (Å²) in [6, 6.07) is 12.3. The second-order valence-corrected chi connectivity index (χ2v) is 8.52. The van der Waals surface area contributed by atoms with Crippen LogP contribution in [0.4, 0.5) is 11.5 Å². The first-order chi connectivity index (χ1) is 14.6. The van der Waals surface area contributed by atoms with Crippen molar-refractivity contribution in [1.82, 2.24) is 9.55 Å². The molecule has 0 aliphatic carbocycles. The van der Waals surface area contributed by atoms with E-state index in [0.29, 0.717) is 0 Å². The SMILES string of the molecule is CCCCn1c(C(=O)Nc2ccc(N3CCC(C)CC3)nc2)c(C)c2ccccc21. The Balaban J connectivity index is 1.55. The molecule has 1 amide bonds. The number of carbonyl (C=O) groups is 1. The number of benzene rings is 1. The highest BCUT2D eigenvalue weighted by Crippen LogP contribution is 2.27. The van der Waals surface area contributed by atoms with Crippen LogP contribution in [0.15, 0.2) is 42.6 Å². The first kappa shape index (κ1) is 20.5. The lowest BCUT2D eigenvalue weighted by molar-refractivity contribution is 0.101. The molecule has 1 N–H and O–H groups in total. The van der Waals surface area contributed by atoms with E-state index in [4.69, 9.17) is 0 Å². The Bertz CT molecular complexity index is 1010. The molecule has 5 nitrogen and oxygen atoms in total. The van der Waals surface area contributed by atoms with Gasteiger partial charge < -0.3 is 14.8 Å². The van der Waals surface area contributed by atoms with Crippen molar-refractivity contribution in [3.63, 3.8) is 0 Å². The van der Waals surface area contributed by atoms with E-state index in [9.17, 15) is 4.79 Å². The zero-order valence-electron chi connectivity index (χ0n) is 18.3. The first-order valence-corrected chi connectivity index (χ1v) is 11.2. The Labute approximate surface area is 179 Å². The average molecular weight is 405 g/mol. The summed E-state index contributed by atoms with van der Waals surface area (Å²) in [6.45, 7) is 9.48. The highest BCUT2D eigenvalue weighted by molar-refractivity contribution is 6.08. The van der Waals surface area contributed by atoms with Gasteiger partial charge in [-0.1, -0.05) is 38.5 Å². The second kappa shape index (κ2) is 8.90. The van der Waals surface area contributed by atoms with E-state index in [1.807, 2.05) is 31.2 Å². The summed E-state index contributed by atoms with van der Waals surface area (Å²) in [5.74, 6) is 1.72. The van der Waals surface area contributed by atoms with E-state index in [1.54, 1.807) is 6.20 Å². The Morgan fingerprint density at radius 3 is 2.63 bits per heavy atom. The summed E-state index contributed by atoms with van der Waals surface area (Å²) in [5.41, 5.74) is 3.65. The Hall–Kier alpha value is -2.82. The number of aryl methyl sites for hydroxylation is 2. The fourth-order valence-electron chi connectivity index (χ4n) is 4.39. The normalized spacial score (nSPS) is 15.0. The van der Waals surface area contributed by atoms with Crippen molar-refractivity contribution in [3.05, 3.63) is 53.9 Å². The molecule has 0 radical (unpaired) electrons. The molecule has 3 aromatic rings. The molecule has 1 aliphatic rings. The molecule has 4 rings (SSSR count). The Morgan fingerprint density at radius 2 is 1.93 bits per heavy atom. The van der Waals surface area contributed by atoms with Crippen molar-refractivity contribution in [2.45, 2.75) is 53.0 Å². The fraction of sp³-hybridized carbons (Fsp3) is 0.440. The van der Waals surface area contributed by atoms with Crippen LogP contribution >= 0.6 is 0 Å². The summed E-state index contributed by atoms with van der Waals surface area (Å²) in [6.07, 6.45) is 6.33. The van der Waals surface area contributed by atoms with Gasteiger partial charge in [-0.2, -0.15) is 0 Å². The molecule has 0 unspecified atom stereocenters. The molecule has 1 aromatic carbocycles. The van der Waals surface area contributed by atoms with Crippen LogP contribution in [0.25, 0.3) is 10.9 Å². The largest absolute Gasteiger partial charge is 0.357 e. The van der Waals surface area contributed by atoms with E-state index in [-0.39, 0.29) is 5.91 Å². The van der Waals surface area contributed by atoms with Gasteiger partial charge in [-0.25, -0.2) is 4.98 Å². The number of nitrogens with zero attached hydrogens (tertiary/aromatic N) is 3. The van der Waals surface area contributed by atoms with Crippen LogP contribution in [0.2, 0.25) is 0 Å². The van der Waals surface area contributed by atoms with Crippen molar-refractivity contribution in [3.8, 4) is 0 Å². The van der Waals surface area contributed by atoms with Crippen molar-refractivity contribution in [1.29, 1.82) is 0 Å². The summed E-state index contributed by atoms with van der Waals surface area (Å²) >= 11 is 0. The number of piperidine rings is 1. The number of unbranched alkanes of at least 4 members (excludes halogenated alkanes) is 1. The van der Waals surface area contributed by atoms with Crippen molar-refractivity contribution in [2.24, 2.45) is 5.92 Å². The molecule has 1 fully saturated rings. The standard InChI is InChI=1S/C25H32N4O/c1-4-5-14-29-22-9-7-6-8-21(22)19(3)24(29)25(30)27-20-10-11-23(26-17-20)28-15-12-18(2)13-16-28/h6-11,17-18H,4-5,12-16H2,1-3H3,(H,27,30). The van der Waals surface area contributed by atoms with E-state index in [1.165, 1.54) is 12.8 Å². The summed E-state index contributed by atoms with van der Waals surface area (Å²) in [4.78, 5) is 20.2. The molecule has 30 heavy (non-hydrogen) atoms. The topological polar surface area (TPSA) is 50.2 Å². The molecule has 0 spiro atoms. The third-order valence-electron chi connectivity index (χ3n) is 6.29. The van der Waals surface area contributed by atoms with Gasteiger partial charge in [0.25, 0.3) is 5.91 Å². The molecule has 5 heteroatoms. The van der Waals surface area contributed by atoms with Crippen LogP contribution in [0.5, 0.6) is 0 Å². The van der Waals surface area contributed by atoms with Crippen LogP contribution in [0.1, 0.15) is 55.6 Å². The highest BCUT2D eigenvalue weighted by atomic mass is 16.2. The molecular formula is C25H32N4O.